The summed E-state index contributed by atoms with van der Waals surface area (Å²) in [6.07, 6.45) is 6.01. The molecule has 1 aromatic heterocycles. The van der Waals surface area contributed by atoms with Crippen LogP contribution in [0.25, 0.3) is 11.0 Å². The molecule has 2 rings (SSSR count). The first-order chi connectivity index (χ1) is 9.74. The predicted octanol–water partition coefficient (Wildman–Crippen LogP) is 5.71. The first kappa shape index (κ1) is 15.4. The summed E-state index contributed by atoms with van der Waals surface area (Å²) in [6.45, 7) is 5.45. The topological polar surface area (TPSA) is 25.2 Å². The zero-order valence-corrected chi connectivity index (χ0v) is 13.2. The quantitative estimate of drug-likeness (QED) is 0.631. The molecule has 1 atom stereocenters. The highest BCUT2D eigenvalue weighted by atomic mass is 35.5. The van der Waals surface area contributed by atoms with Crippen molar-refractivity contribution < 1.29 is 4.42 Å². The monoisotopic (exact) mass is 293 g/mol. The van der Waals surface area contributed by atoms with E-state index in [-0.39, 0.29) is 0 Å². The zero-order chi connectivity index (χ0) is 14.4. The van der Waals surface area contributed by atoms with Gasteiger partial charge in [-0.2, -0.15) is 0 Å². The van der Waals surface area contributed by atoms with Crippen molar-refractivity contribution in [3.05, 3.63) is 35.0 Å². The van der Waals surface area contributed by atoms with Crippen molar-refractivity contribution in [2.24, 2.45) is 0 Å². The minimum absolute atomic E-state index is 0.313. The fourth-order valence-electron chi connectivity index (χ4n) is 2.47. The van der Waals surface area contributed by atoms with Crippen LogP contribution >= 0.6 is 11.6 Å². The number of hydrogen-bond donors (Lipinski definition) is 1. The van der Waals surface area contributed by atoms with E-state index in [2.05, 4.69) is 25.2 Å². The number of halogens is 1. The minimum Gasteiger partial charge on any atom is -0.459 e. The third kappa shape index (κ3) is 4.00. The molecule has 0 amide bonds. The molecule has 0 aliphatic carbocycles. The van der Waals surface area contributed by atoms with Gasteiger partial charge in [0.25, 0.3) is 0 Å². The van der Waals surface area contributed by atoms with E-state index in [4.69, 9.17) is 16.0 Å². The second kappa shape index (κ2) is 7.70. The molecule has 2 nitrogen and oxygen atoms in total. The Morgan fingerprint density at radius 1 is 1.15 bits per heavy atom. The van der Waals surface area contributed by atoms with Gasteiger partial charge in [-0.05, 0) is 43.7 Å². The molecular formula is C17H24ClNO. The van der Waals surface area contributed by atoms with E-state index in [1.807, 2.05) is 18.2 Å². The van der Waals surface area contributed by atoms with Crippen LogP contribution in [0, 0.1) is 0 Å². The molecule has 20 heavy (non-hydrogen) atoms. The van der Waals surface area contributed by atoms with Crippen molar-refractivity contribution in [3.8, 4) is 0 Å². The van der Waals surface area contributed by atoms with Gasteiger partial charge < -0.3 is 9.73 Å². The first-order valence-electron chi connectivity index (χ1n) is 7.67. The van der Waals surface area contributed by atoms with E-state index in [9.17, 15) is 0 Å². The van der Waals surface area contributed by atoms with Crippen molar-refractivity contribution in [2.75, 3.05) is 6.54 Å². The molecule has 0 radical (unpaired) electrons. The van der Waals surface area contributed by atoms with E-state index in [0.717, 1.165) is 41.1 Å². The molecule has 0 bridgehead atoms. The third-order valence-corrected chi connectivity index (χ3v) is 3.81. The summed E-state index contributed by atoms with van der Waals surface area (Å²) >= 11 is 6.04. The Balaban J connectivity index is 2.15. The van der Waals surface area contributed by atoms with E-state index < -0.39 is 0 Å². The molecular weight excluding hydrogens is 270 g/mol. The molecule has 1 unspecified atom stereocenters. The lowest BCUT2D eigenvalue weighted by Gasteiger charge is -2.15. The first-order valence-corrected chi connectivity index (χ1v) is 8.04. The lowest BCUT2D eigenvalue weighted by Crippen LogP contribution is -2.21. The molecule has 2 aromatic rings. The smallest absolute Gasteiger partial charge is 0.134 e. The fourth-order valence-corrected chi connectivity index (χ4v) is 2.65. The Morgan fingerprint density at radius 3 is 2.75 bits per heavy atom. The average Bonchev–Trinajstić information content (AvgIpc) is 2.85. The molecule has 0 aliphatic rings. The molecule has 3 heteroatoms. The van der Waals surface area contributed by atoms with Crippen molar-refractivity contribution in [2.45, 2.75) is 52.0 Å². The lowest BCUT2D eigenvalue weighted by atomic mass is 10.1. The highest BCUT2D eigenvalue weighted by Gasteiger charge is 2.15. The largest absolute Gasteiger partial charge is 0.459 e. The molecule has 0 fully saturated rings. The minimum atomic E-state index is 0.313. The number of rotatable bonds is 8. The average molecular weight is 294 g/mol. The predicted molar refractivity (Wildman–Crippen MR) is 86.4 cm³/mol. The van der Waals surface area contributed by atoms with Crippen LogP contribution in [0.3, 0.4) is 0 Å². The zero-order valence-electron chi connectivity index (χ0n) is 12.4. The number of hydrogen-bond acceptors (Lipinski definition) is 2. The van der Waals surface area contributed by atoms with Gasteiger partial charge in [0, 0.05) is 10.4 Å². The fraction of sp³-hybridized carbons (Fsp3) is 0.529. The molecule has 1 heterocycles. The summed E-state index contributed by atoms with van der Waals surface area (Å²) in [5.74, 6) is 1.03. The van der Waals surface area contributed by atoms with Gasteiger partial charge in [-0.1, -0.05) is 44.7 Å². The SMILES string of the molecule is CCCCCC(NCCC)c1cc2cc(Cl)ccc2o1. The van der Waals surface area contributed by atoms with E-state index >= 15 is 0 Å². The summed E-state index contributed by atoms with van der Waals surface area (Å²) in [6, 6.07) is 8.23. The van der Waals surface area contributed by atoms with E-state index in [0.29, 0.717) is 6.04 Å². The highest BCUT2D eigenvalue weighted by Crippen LogP contribution is 2.28. The summed E-state index contributed by atoms with van der Waals surface area (Å²) in [7, 11) is 0. The van der Waals surface area contributed by atoms with Crippen LogP contribution in [0.15, 0.2) is 28.7 Å². The second-order valence-electron chi connectivity index (χ2n) is 5.33. The molecule has 1 N–H and O–H groups in total. The summed E-state index contributed by atoms with van der Waals surface area (Å²) < 4.78 is 5.99. The van der Waals surface area contributed by atoms with E-state index in [1.165, 1.54) is 19.3 Å². The Bertz CT molecular complexity index is 535. The number of fused-ring (bicyclic) bond motifs is 1. The Morgan fingerprint density at radius 2 is 2.00 bits per heavy atom. The maximum absolute atomic E-state index is 6.04. The van der Waals surface area contributed by atoms with Crippen LogP contribution < -0.4 is 5.32 Å². The standard InChI is InChI=1S/C17H24ClNO/c1-3-5-6-7-15(19-10-4-2)17-12-13-11-14(18)8-9-16(13)20-17/h8-9,11-12,15,19H,3-7,10H2,1-2H3. The van der Waals surface area contributed by atoms with Crippen molar-refractivity contribution in [1.29, 1.82) is 0 Å². The van der Waals surface area contributed by atoms with Crippen LogP contribution in [0.2, 0.25) is 5.02 Å². The summed E-state index contributed by atoms with van der Waals surface area (Å²) in [5.41, 5.74) is 0.920. The molecule has 1 aromatic carbocycles. The summed E-state index contributed by atoms with van der Waals surface area (Å²) in [4.78, 5) is 0. The van der Waals surface area contributed by atoms with Gasteiger partial charge in [-0.15, -0.1) is 0 Å². The maximum Gasteiger partial charge on any atom is 0.134 e. The number of benzene rings is 1. The van der Waals surface area contributed by atoms with Gasteiger partial charge >= 0.3 is 0 Å². The van der Waals surface area contributed by atoms with E-state index in [1.54, 1.807) is 0 Å². The van der Waals surface area contributed by atoms with Crippen LogP contribution in [0.1, 0.15) is 57.8 Å². The number of nitrogens with one attached hydrogen (secondary N) is 1. The van der Waals surface area contributed by atoms with Gasteiger partial charge in [0.15, 0.2) is 0 Å². The van der Waals surface area contributed by atoms with Gasteiger partial charge in [0.2, 0.25) is 0 Å². The summed E-state index contributed by atoms with van der Waals surface area (Å²) in [5, 5.41) is 5.44. The van der Waals surface area contributed by atoms with Crippen LogP contribution in [-0.2, 0) is 0 Å². The van der Waals surface area contributed by atoms with Crippen molar-refractivity contribution in [3.63, 3.8) is 0 Å². The molecule has 0 saturated carbocycles. The molecule has 0 aliphatic heterocycles. The molecule has 0 saturated heterocycles. The molecule has 110 valence electrons. The van der Waals surface area contributed by atoms with Crippen LogP contribution in [0.4, 0.5) is 0 Å². The normalized spacial score (nSPS) is 12.9. The third-order valence-electron chi connectivity index (χ3n) is 3.58. The van der Waals surface area contributed by atoms with Gasteiger partial charge in [0.05, 0.1) is 6.04 Å². The Labute approximate surface area is 126 Å². The number of unbranched alkanes of at least 4 members (excludes halogenated alkanes) is 2. The van der Waals surface area contributed by atoms with Gasteiger partial charge in [-0.3, -0.25) is 0 Å². The van der Waals surface area contributed by atoms with Crippen LogP contribution in [0.5, 0.6) is 0 Å². The Kier molecular flexibility index (Phi) is 5.93. The highest BCUT2D eigenvalue weighted by molar-refractivity contribution is 6.31. The van der Waals surface area contributed by atoms with Gasteiger partial charge in [-0.25, -0.2) is 0 Å². The van der Waals surface area contributed by atoms with Crippen LogP contribution in [-0.4, -0.2) is 6.54 Å². The molecule has 0 spiro atoms. The van der Waals surface area contributed by atoms with Gasteiger partial charge in [0.1, 0.15) is 11.3 Å². The number of furan rings is 1. The van der Waals surface area contributed by atoms with Crippen molar-refractivity contribution in [1.82, 2.24) is 5.32 Å². The lowest BCUT2D eigenvalue weighted by molar-refractivity contribution is 0.399. The second-order valence-corrected chi connectivity index (χ2v) is 5.77. The van der Waals surface area contributed by atoms with Crippen molar-refractivity contribution >= 4 is 22.6 Å². The maximum atomic E-state index is 6.04. The Hall–Kier alpha value is -0.990.